The molecule has 1 aromatic carbocycles. The molecule has 3 heterocycles. The van der Waals surface area contributed by atoms with E-state index >= 15 is 0 Å². The summed E-state index contributed by atoms with van der Waals surface area (Å²) in [7, 11) is 0. The third-order valence-corrected chi connectivity index (χ3v) is 5.55. The number of carbonyl (C=O) groups is 1. The van der Waals surface area contributed by atoms with Crippen molar-refractivity contribution in [3.63, 3.8) is 0 Å². The Morgan fingerprint density at radius 2 is 1.89 bits per heavy atom. The number of carbonyl (C=O) groups excluding carboxylic acids is 1. The average molecular weight is 365 g/mol. The summed E-state index contributed by atoms with van der Waals surface area (Å²) in [4.78, 5) is 22.2. The number of anilines is 1. The molecule has 0 bridgehead atoms. The maximum absolute atomic E-state index is 13.1. The first-order valence-electron chi connectivity index (χ1n) is 9.89. The van der Waals surface area contributed by atoms with Crippen molar-refractivity contribution in [2.45, 2.75) is 32.2 Å². The highest BCUT2D eigenvalue weighted by molar-refractivity contribution is 5.94. The molecule has 1 aromatic heterocycles. The van der Waals surface area contributed by atoms with Crippen LogP contribution in [0.5, 0.6) is 0 Å². The molecule has 0 radical (unpaired) electrons. The lowest BCUT2D eigenvalue weighted by Gasteiger charge is -2.36. The van der Waals surface area contributed by atoms with Crippen molar-refractivity contribution in [1.82, 2.24) is 9.88 Å². The minimum atomic E-state index is 0.108. The van der Waals surface area contributed by atoms with Crippen LogP contribution in [-0.4, -0.2) is 48.6 Å². The molecule has 0 aliphatic carbocycles. The van der Waals surface area contributed by atoms with Crippen molar-refractivity contribution in [2.24, 2.45) is 0 Å². The van der Waals surface area contributed by atoms with E-state index < -0.39 is 0 Å². The first kappa shape index (κ1) is 18.0. The number of hydrogen-bond acceptors (Lipinski definition) is 4. The molecule has 2 saturated heterocycles. The van der Waals surface area contributed by atoms with Gasteiger partial charge >= 0.3 is 0 Å². The minimum Gasteiger partial charge on any atom is -0.378 e. The van der Waals surface area contributed by atoms with Gasteiger partial charge in [0.2, 0.25) is 0 Å². The zero-order valence-corrected chi connectivity index (χ0v) is 15.9. The second-order valence-corrected chi connectivity index (χ2v) is 7.38. The van der Waals surface area contributed by atoms with Crippen molar-refractivity contribution in [3.05, 3.63) is 59.3 Å². The summed E-state index contributed by atoms with van der Waals surface area (Å²) in [5, 5.41) is 0. The van der Waals surface area contributed by atoms with Gasteiger partial charge in [0, 0.05) is 31.4 Å². The minimum absolute atomic E-state index is 0.108. The molecule has 2 aliphatic rings. The Morgan fingerprint density at radius 1 is 1.11 bits per heavy atom. The largest absolute Gasteiger partial charge is 0.378 e. The number of likely N-dealkylation sites (tertiary alicyclic amines) is 1. The summed E-state index contributed by atoms with van der Waals surface area (Å²) in [6, 6.07) is 11.9. The Balaban J connectivity index is 1.58. The molecule has 142 valence electrons. The zero-order valence-electron chi connectivity index (χ0n) is 15.9. The maximum Gasteiger partial charge on any atom is 0.254 e. The number of morpholine rings is 1. The summed E-state index contributed by atoms with van der Waals surface area (Å²) in [5.41, 5.74) is 3.08. The van der Waals surface area contributed by atoms with Gasteiger partial charge in [-0.3, -0.25) is 4.79 Å². The summed E-state index contributed by atoms with van der Waals surface area (Å²) in [6.07, 6.45) is 5.18. The summed E-state index contributed by atoms with van der Waals surface area (Å²) in [5.74, 6) is 1.16. The van der Waals surface area contributed by atoms with Crippen LogP contribution in [0.2, 0.25) is 0 Å². The summed E-state index contributed by atoms with van der Waals surface area (Å²) >= 11 is 0. The first-order chi connectivity index (χ1) is 13.2. The highest BCUT2D eigenvalue weighted by atomic mass is 16.5. The number of ether oxygens (including phenoxy) is 1. The molecule has 0 N–H and O–H groups in total. The van der Waals surface area contributed by atoms with E-state index in [4.69, 9.17) is 9.72 Å². The van der Waals surface area contributed by atoms with Gasteiger partial charge in [-0.1, -0.05) is 18.2 Å². The van der Waals surface area contributed by atoms with Gasteiger partial charge in [-0.2, -0.15) is 0 Å². The summed E-state index contributed by atoms with van der Waals surface area (Å²) < 4.78 is 5.45. The number of piperidine rings is 1. The van der Waals surface area contributed by atoms with Crippen molar-refractivity contribution in [2.75, 3.05) is 37.7 Å². The van der Waals surface area contributed by atoms with Crippen LogP contribution < -0.4 is 4.90 Å². The van der Waals surface area contributed by atoms with Gasteiger partial charge in [0.1, 0.15) is 5.82 Å². The lowest BCUT2D eigenvalue weighted by atomic mass is 9.94. The molecule has 0 saturated carbocycles. The number of hydrogen-bond donors (Lipinski definition) is 0. The molecule has 1 unspecified atom stereocenters. The van der Waals surface area contributed by atoms with Gasteiger partial charge in [0.05, 0.1) is 19.3 Å². The molecule has 4 rings (SSSR count). The number of rotatable bonds is 3. The SMILES string of the molecule is Cc1cc(C2CCCCN2C(=O)c2ccccc2)cnc1N1CCOCC1. The van der Waals surface area contributed by atoms with Gasteiger partial charge in [0.15, 0.2) is 0 Å². The zero-order chi connectivity index (χ0) is 18.6. The number of amides is 1. The molecule has 5 heteroatoms. The molecular formula is C22H27N3O2. The first-order valence-corrected chi connectivity index (χ1v) is 9.89. The normalized spacial score (nSPS) is 20.6. The van der Waals surface area contributed by atoms with E-state index in [1.54, 1.807) is 0 Å². The van der Waals surface area contributed by atoms with Crippen molar-refractivity contribution < 1.29 is 9.53 Å². The third kappa shape index (κ3) is 3.83. The quantitative estimate of drug-likeness (QED) is 0.834. The molecule has 2 aliphatic heterocycles. The van der Waals surface area contributed by atoms with E-state index in [0.29, 0.717) is 0 Å². The second-order valence-electron chi connectivity index (χ2n) is 7.38. The Kier molecular flexibility index (Phi) is 5.39. The topological polar surface area (TPSA) is 45.7 Å². The van der Waals surface area contributed by atoms with E-state index in [1.165, 1.54) is 5.56 Å². The average Bonchev–Trinajstić information content (AvgIpc) is 2.74. The second kappa shape index (κ2) is 8.09. The van der Waals surface area contributed by atoms with Crippen LogP contribution in [0.25, 0.3) is 0 Å². The Hall–Kier alpha value is -2.40. The molecule has 2 fully saturated rings. The Bertz CT molecular complexity index is 787. The number of benzene rings is 1. The fraction of sp³-hybridized carbons (Fsp3) is 0.455. The fourth-order valence-electron chi connectivity index (χ4n) is 4.15. The van der Waals surface area contributed by atoms with Crippen LogP contribution in [0.1, 0.15) is 46.8 Å². The standard InChI is InChI=1S/C22H27N3O2/c1-17-15-19(16-23-21(17)24-11-13-27-14-12-24)20-9-5-6-10-25(20)22(26)18-7-3-2-4-8-18/h2-4,7-8,15-16,20H,5-6,9-14H2,1H3. The number of aromatic nitrogens is 1. The predicted molar refractivity (Wildman–Crippen MR) is 106 cm³/mol. The fourth-order valence-corrected chi connectivity index (χ4v) is 4.15. The van der Waals surface area contributed by atoms with Gasteiger partial charge in [0.25, 0.3) is 5.91 Å². The van der Waals surface area contributed by atoms with Crippen LogP contribution in [0.4, 0.5) is 5.82 Å². The highest BCUT2D eigenvalue weighted by Gasteiger charge is 2.29. The lowest BCUT2D eigenvalue weighted by molar-refractivity contribution is 0.0611. The highest BCUT2D eigenvalue weighted by Crippen LogP contribution is 2.33. The van der Waals surface area contributed by atoms with Crippen LogP contribution in [0, 0.1) is 6.92 Å². The Labute approximate surface area is 161 Å². The van der Waals surface area contributed by atoms with E-state index in [1.807, 2.05) is 41.4 Å². The van der Waals surface area contributed by atoms with Gasteiger partial charge in [-0.05, 0) is 55.5 Å². The van der Waals surface area contributed by atoms with Gasteiger partial charge in [-0.15, -0.1) is 0 Å². The summed E-state index contributed by atoms with van der Waals surface area (Å²) in [6.45, 7) is 6.20. The van der Waals surface area contributed by atoms with Crippen molar-refractivity contribution in [3.8, 4) is 0 Å². The predicted octanol–water partition coefficient (Wildman–Crippen LogP) is 3.59. The monoisotopic (exact) mass is 365 g/mol. The number of nitrogens with zero attached hydrogens (tertiary/aromatic N) is 3. The molecule has 0 spiro atoms. The van der Waals surface area contributed by atoms with Crippen molar-refractivity contribution in [1.29, 1.82) is 0 Å². The van der Waals surface area contributed by atoms with Crippen molar-refractivity contribution >= 4 is 11.7 Å². The van der Waals surface area contributed by atoms with E-state index in [0.717, 1.165) is 69.1 Å². The molecular weight excluding hydrogens is 338 g/mol. The third-order valence-electron chi connectivity index (χ3n) is 5.55. The van der Waals surface area contributed by atoms with E-state index in [-0.39, 0.29) is 11.9 Å². The van der Waals surface area contributed by atoms with Crippen LogP contribution in [0.15, 0.2) is 42.6 Å². The smallest absolute Gasteiger partial charge is 0.254 e. The molecule has 5 nitrogen and oxygen atoms in total. The molecule has 2 aromatic rings. The van der Waals surface area contributed by atoms with Gasteiger partial charge < -0.3 is 14.5 Å². The van der Waals surface area contributed by atoms with Crippen LogP contribution >= 0.6 is 0 Å². The molecule has 1 amide bonds. The van der Waals surface area contributed by atoms with Crippen LogP contribution in [0.3, 0.4) is 0 Å². The number of pyridine rings is 1. The lowest BCUT2D eigenvalue weighted by Crippen LogP contribution is -2.39. The maximum atomic E-state index is 13.1. The number of aryl methyl sites for hydroxylation is 1. The Morgan fingerprint density at radius 3 is 2.63 bits per heavy atom. The van der Waals surface area contributed by atoms with Gasteiger partial charge in [-0.25, -0.2) is 4.98 Å². The van der Waals surface area contributed by atoms with E-state index in [9.17, 15) is 4.79 Å². The van der Waals surface area contributed by atoms with Crippen LogP contribution in [-0.2, 0) is 4.74 Å². The molecule has 1 atom stereocenters. The van der Waals surface area contributed by atoms with E-state index in [2.05, 4.69) is 17.9 Å². The molecule has 27 heavy (non-hydrogen) atoms.